The number of halogens is 1. The molecule has 0 aliphatic carbocycles. The highest BCUT2D eigenvalue weighted by Gasteiger charge is 2.30. The minimum absolute atomic E-state index is 0.176. The summed E-state index contributed by atoms with van der Waals surface area (Å²) < 4.78 is 5.59. The lowest BCUT2D eigenvalue weighted by Crippen LogP contribution is -2.39. The summed E-state index contributed by atoms with van der Waals surface area (Å²) in [5, 5.41) is 9.16. The number of carboxylic acid groups (broad SMARTS) is 1. The maximum Gasteiger partial charge on any atom is 0.410 e. The Morgan fingerprint density at radius 1 is 1.40 bits per heavy atom. The third-order valence-electron chi connectivity index (χ3n) is 2.88. The van der Waals surface area contributed by atoms with Crippen molar-refractivity contribution in [1.82, 2.24) is 4.90 Å². The molecule has 2 heterocycles. The van der Waals surface area contributed by atoms with Crippen LogP contribution in [0.4, 0.5) is 4.79 Å². The Hall–Kier alpha value is -1.27. The van der Waals surface area contributed by atoms with Gasteiger partial charge >= 0.3 is 12.1 Å². The molecule has 0 aromatic carbocycles. The van der Waals surface area contributed by atoms with E-state index in [9.17, 15) is 9.59 Å². The van der Waals surface area contributed by atoms with Gasteiger partial charge < -0.3 is 14.7 Å². The molecule has 1 N–H and O–H groups in total. The molecule has 20 heavy (non-hydrogen) atoms. The lowest BCUT2D eigenvalue weighted by molar-refractivity contribution is 0.0226. The quantitative estimate of drug-likeness (QED) is 0.862. The van der Waals surface area contributed by atoms with E-state index in [4.69, 9.17) is 21.4 Å². The van der Waals surface area contributed by atoms with Gasteiger partial charge in [-0.2, -0.15) is 0 Å². The highest BCUT2D eigenvalue weighted by atomic mass is 35.5. The van der Waals surface area contributed by atoms with Gasteiger partial charge in [-0.05, 0) is 32.8 Å². The van der Waals surface area contributed by atoms with Crippen molar-refractivity contribution < 1.29 is 19.4 Å². The highest BCUT2D eigenvalue weighted by Crippen LogP contribution is 2.36. The molecule has 110 valence electrons. The Kier molecular flexibility index (Phi) is 3.97. The lowest BCUT2D eigenvalue weighted by Gasteiger charge is -2.30. The number of hydrogen-bond acceptors (Lipinski definition) is 4. The number of thiophene rings is 1. The second-order valence-electron chi connectivity index (χ2n) is 5.61. The number of hydrogen-bond donors (Lipinski definition) is 1. The Labute approximate surface area is 126 Å². The number of nitrogens with zero attached hydrogens (tertiary/aromatic N) is 1. The van der Waals surface area contributed by atoms with Crippen LogP contribution in [-0.2, 0) is 17.7 Å². The first-order valence-electron chi connectivity index (χ1n) is 6.20. The third-order valence-corrected chi connectivity index (χ3v) is 4.31. The van der Waals surface area contributed by atoms with Crippen LogP contribution < -0.4 is 0 Å². The first-order valence-corrected chi connectivity index (χ1v) is 7.39. The Morgan fingerprint density at radius 2 is 2.05 bits per heavy atom. The molecule has 0 saturated carbocycles. The van der Waals surface area contributed by atoms with Crippen molar-refractivity contribution in [2.45, 2.75) is 39.3 Å². The summed E-state index contributed by atoms with van der Waals surface area (Å²) in [6.07, 6.45) is 0.101. The molecular weight excluding hydrogens is 302 g/mol. The van der Waals surface area contributed by atoms with Crippen LogP contribution in [0.2, 0.25) is 4.34 Å². The normalized spacial score (nSPS) is 14.9. The van der Waals surface area contributed by atoms with Gasteiger partial charge in [0, 0.05) is 11.4 Å². The molecule has 1 aliphatic heterocycles. The zero-order valence-electron chi connectivity index (χ0n) is 11.5. The minimum atomic E-state index is -1.02. The van der Waals surface area contributed by atoms with Crippen LogP contribution in [0.5, 0.6) is 0 Å². The van der Waals surface area contributed by atoms with Crippen LogP contribution in [0.15, 0.2) is 0 Å². The van der Waals surface area contributed by atoms with Crippen molar-refractivity contribution in [3.63, 3.8) is 0 Å². The molecule has 1 aromatic heterocycles. The summed E-state index contributed by atoms with van der Waals surface area (Å²) in [6, 6.07) is 0. The molecule has 0 radical (unpaired) electrons. The van der Waals surface area contributed by atoms with Crippen LogP contribution in [0.25, 0.3) is 0 Å². The van der Waals surface area contributed by atoms with Gasteiger partial charge in [-0.3, -0.25) is 0 Å². The van der Waals surface area contributed by atoms with Crippen molar-refractivity contribution in [1.29, 1.82) is 0 Å². The van der Waals surface area contributed by atoms with Crippen LogP contribution in [0.1, 0.15) is 41.6 Å². The first kappa shape index (κ1) is 15.1. The lowest BCUT2D eigenvalue weighted by atomic mass is 10.0. The molecule has 0 bridgehead atoms. The SMILES string of the molecule is CC(C)(C)OC(=O)N1CCc2c(sc(Cl)c2C(=O)O)C1. The van der Waals surface area contributed by atoms with E-state index in [1.165, 1.54) is 11.3 Å². The maximum atomic E-state index is 12.0. The molecule has 1 aliphatic rings. The van der Waals surface area contributed by atoms with E-state index >= 15 is 0 Å². The van der Waals surface area contributed by atoms with Crippen molar-refractivity contribution in [2.24, 2.45) is 0 Å². The van der Waals surface area contributed by atoms with Gasteiger partial charge in [0.25, 0.3) is 0 Å². The van der Waals surface area contributed by atoms with Gasteiger partial charge in [0.15, 0.2) is 0 Å². The van der Waals surface area contributed by atoms with Crippen molar-refractivity contribution in [3.05, 3.63) is 20.3 Å². The zero-order valence-corrected chi connectivity index (χ0v) is 13.1. The third kappa shape index (κ3) is 3.07. The average Bonchev–Trinajstić information content (AvgIpc) is 2.61. The van der Waals surface area contributed by atoms with Gasteiger partial charge in [-0.15, -0.1) is 11.3 Å². The molecule has 5 nitrogen and oxygen atoms in total. The standard InChI is InChI=1S/C13H16ClNO4S/c1-13(2,3)19-12(18)15-5-4-7-8(6-15)20-10(14)9(7)11(16)17/h4-6H2,1-3H3,(H,16,17). The van der Waals surface area contributed by atoms with E-state index in [2.05, 4.69) is 0 Å². The smallest absolute Gasteiger partial charge is 0.410 e. The molecule has 1 aromatic rings. The van der Waals surface area contributed by atoms with E-state index in [1.807, 2.05) is 20.8 Å². The van der Waals surface area contributed by atoms with Crippen LogP contribution >= 0.6 is 22.9 Å². The van der Waals surface area contributed by atoms with Gasteiger partial charge in [0.05, 0.1) is 12.1 Å². The predicted octanol–water partition coefficient (Wildman–Crippen LogP) is 3.39. The number of aromatic carboxylic acids is 1. The fourth-order valence-electron chi connectivity index (χ4n) is 2.07. The fraction of sp³-hybridized carbons (Fsp3) is 0.538. The van der Waals surface area contributed by atoms with Crippen LogP contribution in [-0.4, -0.2) is 34.2 Å². The molecule has 0 fully saturated rings. The summed E-state index contributed by atoms with van der Waals surface area (Å²) >= 11 is 7.19. The largest absolute Gasteiger partial charge is 0.478 e. The number of amides is 1. The van der Waals surface area contributed by atoms with E-state index in [-0.39, 0.29) is 16.0 Å². The molecule has 0 unspecified atom stereocenters. The molecule has 0 saturated heterocycles. The van der Waals surface area contributed by atoms with Crippen molar-refractivity contribution >= 4 is 35.0 Å². The van der Waals surface area contributed by atoms with Crippen molar-refractivity contribution in [2.75, 3.05) is 6.54 Å². The Balaban J connectivity index is 2.18. The summed E-state index contributed by atoms with van der Waals surface area (Å²) in [7, 11) is 0. The Morgan fingerprint density at radius 3 is 2.60 bits per heavy atom. The van der Waals surface area contributed by atoms with Crippen LogP contribution in [0, 0.1) is 0 Å². The van der Waals surface area contributed by atoms with Gasteiger partial charge in [0.1, 0.15) is 9.94 Å². The Bertz CT molecular complexity index is 561. The van der Waals surface area contributed by atoms with Gasteiger partial charge in [-0.1, -0.05) is 11.6 Å². The zero-order chi connectivity index (χ0) is 15.1. The summed E-state index contributed by atoms with van der Waals surface area (Å²) in [5.74, 6) is -1.02. The van der Waals surface area contributed by atoms with Crippen LogP contribution in [0.3, 0.4) is 0 Å². The summed E-state index contributed by atoms with van der Waals surface area (Å²) in [4.78, 5) is 25.6. The van der Waals surface area contributed by atoms with Gasteiger partial charge in [-0.25, -0.2) is 9.59 Å². The van der Waals surface area contributed by atoms with E-state index in [0.717, 1.165) is 10.4 Å². The fourth-order valence-corrected chi connectivity index (χ4v) is 3.62. The molecular formula is C13H16ClNO4S. The number of ether oxygens (including phenoxy) is 1. The molecule has 0 spiro atoms. The number of rotatable bonds is 1. The number of carboxylic acids is 1. The maximum absolute atomic E-state index is 12.0. The summed E-state index contributed by atoms with van der Waals surface area (Å²) in [5.41, 5.74) is 0.374. The second-order valence-corrected chi connectivity index (χ2v) is 7.32. The number of carbonyl (C=O) groups is 2. The second kappa shape index (κ2) is 5.26. The molecule has 2 rings (SSSR count). The van der Waals surface area contributed by atoms with Gasteiger partial charge in [0.2, 0.25) is 0 Å². The predicted molar refractivity (Wildman–Crippen MR) is 76.6 cm³/mol. The molecule has 0 atom stereocenters. The summed E-state index contributed by atoms with van der Waals surface area (Å²) in [6.45, 7) is 6.22. The topological polar surface area (TPSA) is 66.8 Å². The number of carbonyl (C=O) groups excluding carboxylic acids is 1. The number of fused-ring (bicyclic) bond motifs is 1. The first-order chi connectivity index (χ1) is 9.19. The molecule has 7 heteroatoms. The van der Waals surface area contributed by atoms with E-state index < -0.39 is 11.6 Å². The van der Waals surface area contributed by atoms with E-state index in [0.29, 0.717) is 19.5 Å². The monoisotopic (exact) mass is 317 g/mol. The minimum Gasteiger partial charge on any atom is -0.478 e. The highest BCUT2D eigenvalue weighted by molar-refractivity contribution is 7.16. The molecule has 1 amide bonds. The van der Waals surface area contributed by atoms with E-state index in [1.54, 1.807) is 4.90 Å². The average molecular weight is 318 g/mol. The van der Waals surface area contributed by atoms with Crippen molar-refractivity contribution in [3.8, 4) is 0 Å².